The summed E-state index contributed by atoms with van der Waals surface area (Å²) in [6.45, 7) is 8.51. The molecule has 0 radical (unpaired) electrons. The fourth-order valence-corrected chi connectivity index (χ4v) is 4.99. The molecule has 2 aromatic rings. The van der Waals surface area contributed by atoms with Crippen LogP contribution in [0.5, 0.6) is 5.75 Å². The Hall–Kier alpha value is -2.42. The van der Waals surface area contributed by atoms with Crippen molar-refractivity contribution in [2.24, 2.45) is 0 Å². The van der Waals surface area contributed by atoms with Crippen molar-refractivity contribution >= 4 is 15.9 Å². The van der Waals surface area contributed by atoms with Crippen molar-refractivity contribution in [1.82, 2.24) is 14.5 Å². The zero-order valence-electron chi connectivity index (χ0n) is 18.4. The van der Waals surface area contributed by atoms with Crippen LogP contribution in [0, 0.1) is 6.92 Å². The summed E-state index contributed by atoms with van der Waals surface area (Å²) in [5, 5.41) is 2.97. The lowest BCUT2D eigenvalue weighted by Gasteiger charge is -2.36. The van der Waals surface area contributed by atoms with E-state index in [4.69, 9.17) is 4.74 Å². The van der Waals surface area contributed by atoms with Crippen molar-refractivity contribution in [3.8, 4) is 5.75 Å². The summed E-state index contributed by atoms with van der Waals surface area (Å²) >= 11 is 0. The molecule has 1 heterocycles. The minimum atomic E-state index is -3.56. The largest absolute Gasteiger partial charge is 0.494 e. The summed E-state index contributed by atoms with van der Waals surface area (Å²) < 4.78 is 32.7. The van der Waals surface area contributed by atoms with Crippen LogP contribution in [0.15, 0.2) is 53.4 Å². The van der Waals surface area contributed by atoms with Crippen molar-refractivity contribution in [2.45, 2.75) is 38.3 Å². The number of benzene rings is 2. The highest BCUT2D eigenvalue weighted by atomic mass is 32.2. The van der Waals surface area contributed by atoms with Crippen LogP contribution < -0.4 is 10.1 Å². The van der Waals surface area contributed by atoms with Gasteiger partial charge < -0.3 is 10.1 Å². The van der Waals surface area contributed by atoms with Crippen molar-refractivity contribution in [3.63, 3.8) is 0 Å². The highest BCUT2D eigenvalue weighted by Gasteiger charge is 2.31. The van der Waals surface area contributed by atoms with Crippen LogP contribution in [0.2, 0.25) is 0 Å². The molecule has 0 spiro atoms. The first-order valence-corrected chi connectivity index (χ1v) is 12.1. The van der Waals surface area contributed by atoms with E-state index in [0.717, 1.165) is 5.56 Å². The number of rotatable bonds is 8. The van der Waals surface area contributed by atoms with E-state index >= 15 is 0 Å². The molecule has 1 unspecified atom stereocenters. The number of nitrogens with zero attached hydrogens (tertiary/aromatic N) is 2. The maximum atomic E-state index is 12.9. The van der Waals surface area contributed by atoms with Gasteiger partial charge in [0.25, 0.3) is 0 Å². The van der Waals surface area contributed by atoms with Gasteiger partial charge in [0.1, 0.15) is 5.75 Å². The predicted octanol–water partition coefficient (Wildman–Crippen LogP) is 2.40. The highest BCUT2D eigenvalue weighted by Crippen LogP contribution is 2.21. The second-order valence-corrected chi connectivity index (χ2v) is 9.66. The van der Waals surface area contributed by atoms with E-state index in [9.17, 15) is 13.2 Å². The average molecular weight is 446 g/mol. The average Bonchev–Trinajstić information content (AvgIpc) is 2.78. The number of hydrogen-bond donors (Lipinski definition) is 1. The van der Waals surface area contributed by atoms with Crippen LogP contribution in [0.1, 0.15) is 25.0 Å². The Morgan fingerprint density at radius 1 is 1.03 bits per heavy atom. The highest BCUT2D eigenvalue weighted by molar-refractivity contribution is 7.89. The Kier molecular flexibility index (Phi) is 7.69. The normalized spacial score (nSPS) is 16.6. The van der Waals surface area contributed by atoms with E-state index in [1.165, 1.54) is 9.87 Å². The molecule has 7 nitrogen and oxygen atoms in total. The predicted molar refractivity (Wildman–Crippen MR) is 120 cm³/mol. The molecule has 1 atom stereocenters. The minimum absolute atomic E-state index is 0.0524. The van der Waals surface area contributed by atoms with Gasteiger partial charge in [0.15, 0.2) is 0 Å². The molecule has 0 aromatic heterocycles. The molecular weight excluding hydrogens is 414 g/mol. The van der Waals surface area contributed by atoms with Crippen molar-refractivity contribution < 1.29 is 17.9 Å². The van der Waals surface area contributed by atoms with Gasteiger partial charge in [-0.05, 0) is 50.6 Å². The molecule has 1 saturated heterocycles. The first kappa shape index (κ1) is 23.2. The van der Waals surface area contributed by atoms with Gasteiger partial charge in [-0.1, -0.05) is 29.8 Å². The van der Waals surface area contributed by atoms with E-state index in [1.807, 2.05) is 49.9 Å². The maximum absolute atomic E-state index is 12.9. The monoisotopic (exact) mass is 445 g/mol. The first-order valence-electron chi connectivity index (χ1n) is 10.6. The van der Waals surface area contributed by atoms with Crippen molar-refractivity contribution in [2.75, 3.05) is 32.8 Å². The van der Waals surface area contributed by atoms with E-state index in [0.29, 0.717) is 45.1 Å². The standard InChI is InChI=1S/C23H31N3O4S/c1-4-30-21-9-11-22(12-10-21)31(28,29)26-15-13-25(14-16-26)19(3)23(27)24-17-20-7-5-18(2)6-8-20/h5-12,19H,4,13-17H2,1-3H3,(H,24,27). The molecule has 0 saturated carbocycles. The molecule has 8 heteroatoms. The first-order chi connectivity index (χ1) is 14.8. The van der Waals surface area contributed by atoms with Crippen molar-refractivity contribution in [3.05, 3.63) is 59.7 Å². The lowest BCUT2D eigenvalue weighted by molar-refractivity contribution is -0.126. The maximum Gasteiger partial charge on any atom is 0.243 e. The molecule has 31 heavy (non-hydrogen) atoms. The van der Waals surface area contributed by atoms with Crippen LogP contribution >= 0.6 is 0 Å². The van der Waals surface area contributed by atoms with Crippen LogP contribution in [0.25, 0.3) is 0 Å². The zero-order valence-corrected chi connectivity index (χ0v) is 19.2. The summed E-state index contributed by atoms with van der Waals surface area (Å²) in [6.07, 6.45) is 0. The topological polar surface area (TPSA) is 79.0 Å². The number of carbonyl (C=O) groups is 1. The quantitative estimate of drug-likeness (QED) is 0.675. The zero-order chi connectivity index (χ0) is 22.4. The number of carbonyl (C=O) groups excluding carboxylic acids is 1. The molecule has 2 aromatic carbocycles. The van der Waals surface area contributed by atoms with Gasteiger partial charge in [-0.15, -0.1) is 0 Å². The molecule has 1 aliphatic heterocycles. The van der Waals surface area contributed by atoms with Crippen LogP contribution in [0.3, 0.4) is 0 Å². The van der Waals surface area contributed by atoms with Gasteiger partial charge in [-0.2, -0.15) is 4.31 Å². The fourth-order valence-electron chi connectivity index (χ4n) is 3.56. The lowest BCUT2D eigenvalue weighted by atomic mass is 10.1. The Bertz CT molecular complexity index is 967. The Balaban J connectivity index is 1.52. The SMILES string of the molecule is CCOc1ccc(S(=O)(=O)N2CCN(C(C)C(=O)NCc3ccc(C)cc3)CC2)cc1. The van der Waals surface area contributed by atoms with Gasteiger partial charge in [-0.25, -0.2) is 8.42 Å². The van der Waals surface area contributed by atoms with Crippen LogP contribution in [-0.2, 0) is 21.4 Å². The third-order valence-electron chi connectivity index (χ3n) is 5.56. The summed E-state index contributed by atoms with van der Waals surface area (Å²) in [7, 11) is -3.56. The molecular formula is C23H31N3O4S. The number of hydrogen-bond acceptors (Lipinski definition) is 5. The van der Waals surface area contributed by atoms with Gasteiger partial charge in [0.2, 0.25) is 15.9 Å². The van der Waals surface area contributed by atoms with E-state index in [-0.39, 0.29) is 16.8 Å². The molecule has 1 fully saturated rings. The third-order valence-corrected chi connectivity index (χ3v) is 7.47. The molecule has 1 amide bonds. The molecule has 168 valence electrons. The van der Waals surface area contributed by atoms with E-state index < -0.39 is 10.0 Å². The number of piperazine rings is 1. The Morgan fingerprint density at radius 3 is 2.23 bits per heavy atom. The number of amides is 1. The fraction of sp³-hybridized carbons (Fsp3) is 0.435. The number of ether oxygens (including phenoxy) is 1. The lowest BCUT2D eigenvalue weighted by Crippen LogP contribution is -2.54. The summed E-state index contributed by atoms with van der Waals surface area (Å²) in [5.41, 5.74) is 2.24. The summed E-state index contributed by atoms with van der Waals surface area (Å²) in [5.74, 6) is 0.597. The van der Waals surface area contributed by atoms with Gasteiger partial charge in [0, 0.05) is 32.7 Å². The van der Waals surface area contributed by atoms with Crippen LogP contribution in [0.4, 0.5) is 0 Å². The Labute approximate surface area is 185 Å². The van der Waals surface area contributed by atoms with E-state index in [2.05, 4.69) is 5.32 Å². The minimum Gasteiger partial charge on any atom is -0.494 e. The third kappa shape index (κ3) is 5.84. The molecule has 1 aliphatic rings. The Morgan fingerprint density at radius 2 is 1.65 bits per heavy atom. The van der Waals surface area contributed by atoms with Crippen LogP contribution in [-0.4, -0.2) is 62.4 Å². The molecule has 3 rings (SSSR count). The molecule has 0 bridgehead atoms. The number of aryl methyl sites for hydroxylation is 1. The van der Waals surface area contributed by atoms with E-state index in [1.54, 1.807) is 24.3 Å². The van der Waals surface area contributed by atoms with Gasteiger partial charge >= 0.3 is 0 Å². The second kappa shape index (κ2) is 10.3. The molecule has 1 N–H and O–H groups in total. The summed E-state index contributed by atoms with van der Waals surface area (Å²) in [6, 6.07) is 14.2. The van der Waals surface area contributed by atoms with Gasteiger partial charge in [0.05, 0.1) is 17.5 Å². The summed E-state index contributed by atoms with van der Waals surface area (Å²) in [4.78, 5) is 14.9. The number of sulfonamides is 1. The smallest absolute Gasteiger partial charge is 0.243 e. The van der Waals surface area contributed by atoms with Crippen molar-refractivity contribution in [1.29, 1.82) is 0 Å². The molecule has 0 aliphatic carbocycles. The second-order valence-electron chi connectivity index (χ2n) is 7.72. The number of nitrogens with one attached hydrogen (secondary N) is 1. The van der Waals surface area contributed by atoms with Gasteiger partial charge in [-0.3, -0.25) is 9.69 Å².